The van der Waals surface area contributed by atoms with Crippen molar-refractivity contribution in [1.29, 1.82) is 0 Å². The first-order valence-corrected chi connectivity index (χ1v) is 11.2. The van der Waals surface area contributed by atoms with Gasteiger partial charge in [-0.15, -0.1) is 0 Å². The Morgan fingerprint density at radius 3 is 2.13 bits per heavy atom. The summed E-state index contributed by atoms with van der Waals surface area (Å²) >= 11 is 0. The highest BCUT2D eigenvalue weighted by Crippen LogP contribution is 2.56. The fourth-order valence-electron chi connectivity index (χ4n) is 6.15. The van der Waals surface area contributed by atoms with Crippen molar-refractivity contribution in [2.45, 2.75) is 45.6 Å². The lowest BCUT2D eigenvalue weighted by molar-refractivity contribution is -0.147. The van der Waals surface area contributed by atoms with Crippen LogP contribution in [0.1, 0.15) is 36.0 Å². The molecular weight excluding hydrogens is 388 g/mol. The highest BCUT2D eigenvalue weighted by molar-refractivity contribution is 6.10. The highest BCUT2D eigenvalue weighted by Gasteiger charge is 2.62. The molecule has 3 fully saturated rings. The van der Waals surface area contributed by atoms with Gasteiger partial charge in [0.05, 0.1) is 11.8 Å². The molecule has 3 amide bonds. The molecule has 2 aromatic carbocycles. The van der Waals surface area contributed by atoms with Crippen LogP contribution in [-0.4, -0.2) is 28.7 Å². The zero-order valence-corrected chi connectivity index (χ0v) is 18.0. The number of carbonyl (C=O) groups excluding carboxylic acids is 3. The van der Waals surface area contributed by atoms with Crippen molar-refractivity contribution in [3.05, 3.63) is 65.2 Å². The number of carbonyl (C=O) groups is 3. The lowest BCUT2D eigenvalue weighted by Crippen LogP contribution is -2.49. The number of hydrogen-bond acceptors (Lipinski definition) is 3. The number of rotatable bonds is 5. The van der Waals surface area contributed by atoms with Crippen molar-refractivity contribution < 1.29 is 14.4 Å². The number of hydrogen-bond donors (Lipinski definition) is 1. The van der Waals surface area contributed by atoms with E-state index in [1.54, 1.807) is 0 Å². The fourth-order valence-corrected chi connectivity index (χ4v) is 6.15. The molecule has 1 N–H and O–H groups in total. The summed E-state index contributed by atoms with van der Waals surface area (Å²) in [6.45, 7) is 3.96. The van der Waals surface area contributed by atoms with Gasteiger partial charge in [0.2, 0.25) is 17.7 Å². The van der Waals surface area contributed by atoms with Gasteiger partial charge in [-0.3, -0.25) is 19.3 Å². The number of fused-ring (bicyclic) bond motifs is 5. The highest BCUT2D eigenvalue weighted by atomic mass is 16.2. The van der Waals surface area contributed by atoms with Crippen LogP contribution in [0, 0.1) is 37.5 Å². The van der Waals surface area contributed by atoms with Crippen LogP contribution in [-0.2, 0) is 20.8 Å². The smallest absolute Gasteiger partial charge is 0.248 e. The third kappa shape index (κ3) is 3.46. The van der Waals surface area contributed by atoms with Crippen molar-refractivity contribution in [3.63, 3.8) is 0 Å². The first kappa shape index (κ1) is 20.0. The summed E-state index contributed by atoms with van der Waals surface area (Å²) in [4.78, 5) is 41.6. The Morgan fingerprint density at radius 1 is 0.968 bits per heavy atom. The third-order valence-electron chi connectivity index (χ3n) is 7.34. The normalized spacial score (nSPS) is 27.5. The van der Waals surface area contributed by atoms with Gasteiger partial charge in [-0.25, -0.2) is 0 Å². The van der Waals surface area contributed by atoms with Crippen LogP contribution in [0.5, 0.6) is 0 Å². The Balaban J connectivity index is 1.46. The minimum Gasteiger partial charge on any atom is -0.324 e. The molecule has 1 aliphatic heterocycles. The molecule has 3 aliphatic rings. The number of benzene rings is 2. The van der Waals surface area contributed by atoms with E-state index in [0.717, 1.165) is 36.0 Å². The first-order chi connectivity index (χ1) is 14.9. The van der Waals surface area contributed by atoms with E-state index in [4.69, 9.17) is 0 Å². The van der Waals surface area contributed by atoms with Crippen LogP contribution in [0.25, 0.3) is 0 Å². The Bertz CT molecular complexity index is 1000. The molecule has 0 unspecified atom stereocenters. The number of nitrogens with zero attached hydrogens (tertiary/aromatic N) is 1. The van der Waals surface area contributed by atoms with Gasteiger partial charge in [-0.05, 0) is 73.8 Å². The summed E-state index contributed by atoms with van der Waals surface area (Å²) < 4.78 is 0. The number of imide groups is 1. The molecular formula is C26H28N2O3. The molecule has 2 bridgehead atoms. The average molecular weight is 417 g/mol. The monoisotopic (exact) mass is 416 g/mol. The first-order valence-electron chi connectivity index (χ1n) is 11.2. The van der Waals surface area contributed by atoms with E-state index in [9.17, 15) is 14.4 Å². The molecule has 5 rings (SSSR count). The molecule has 0 spiro atoms. The summed E-state index contributed by atoms with van der Waals surface area (Å²) in [7, 11) is 0. The molecule has 5 heteroatoms. The van der Waals surface area contributed by atoms with Crippen molar-refractivity contribution in [3.8, 4) is 0 Å². The molecule has 5 atom stereocenters. The molecule has 5 nitrogen and oxygen atoms in total. The van der Waals surface area contributed by atoms with Crippen LogP contribution in [0.3, 0.4) is 0 Å². The van der Waals surface area contributed by atoms with Gasteiger partial charge >= 0.3 is 0 Å². The Kier molecular flexibility index (Phi) is 4.92. The van der Waals surface area contributed by atoms with E-state index >= 15 is 0 Å². The number of anilines is 1. The zero-order chi connectivity index (χ0) is 21.7. The average Bonchev–Trinajstić information content (AvgIpc) is 3.40. The Labute approximate surface area is 182 Å². The standard InChI is InChI=1S/C26H28N2O3/c1-15-10-16(2)12-20(11-15)27-24(29)21(13-17-6-4-3-5-7-17)28-25(30)22-18-8-9-19(14-18)23(22)26(28)31/h3-7,10-12,18-19,21-23H,8-9,13-14H2,1-2H3,(H,27,29)/t18-,19-,21+,22-,23+/m0/s1. The summed E-state index contributed by atoms with van der Waals surface area (Å²) in [5, 5.41) is 2.98. The molecule has 2 aliphatic carbocycles. The second-order valence-electron chi connectivity index (χ2n) is 9.50. The van der Waals surface area contributed by atoms with Crippen LogP contribution in [0.15, 0.2) is 48.5 Å². The molecule has 0 aromatic heterocycles. The molecule has 2 saturated carbocycles. The zero-order valence-electron chi connectivity index (χ0n) is 18.0. The number of amides is 3. The van der Waals surface area contributed by atoms with E-state index in [-0.39, 0.29) is 29.6 Å². The fraction of sp³-hybridized carbons (Fsp3) is 0.423. The van der Waals surface area contributed by atoms with Gasteiger partial charge in [-0.1, -0.05) is 36.4 Å². The Morgan fingerprint density at radius 2 is 1.55 bits per heavy atom. The van der Waals surface area contributed by atoms with E-state index in [2.05, 4.69) is 5.32 Å². The number of likely N-dealkylation sites (tertiary alicyclic amines) is 1. The largest absolute Gasteiger partial charge is 0.324 e. The van der Waals surface area contributed by atoms with E-state index in [0.29, 0.717) is 23.9 Å². The molecule has 2 aromatic rings. The van der Waals surface area contributed by atoms with Crippen LogP contribution in [0.4, 0.5) is 5.69 Å². The van der Waals surface area contributed by atoms with Gasteiger partial charge in [-0.2, -0.15) is 0 Å². The maximum Gasteiger partial charge on any atom is 0.248 e. The van der Waals surface area contributed by atoms with Gasteiger partial charge < -0.3 is 5.32 Å². The van der Waals surface area contributed by atoms with Gasteiger partial charge in [0.25, 0.3) is 0 Å². The predicted molar refractivity (Wildman–Crippen MR) is 118 cm³/mol. The van der Waals surface area contributed by atoms with Crippen molar-refractivity contribution in [1.82, 2.24) is 4.90 Å². The van der Waals surface area contributed by atoms with Gasteiger partial charge in [0.15, 0.2) is 0 Å². The van der Waals surface area contributed by atoms with Crippen molar-refractivity contribution >= 4 is 23.4 Å². The minimum atomic E-state index is -0.840. The molecule has 0 radical (unpaired) electrons. The SMILES string of the molecule is Cc1cc(C)cc(NC(=O)[C@@H](Cc2ccccc2)N2C(=O)[C@@H]3[C@H]4CC[C@@H](C4)[C@@H]3C2=O)c1. The van der Waals surface area contributed by atoms with E-state index in [1.807, 2.05) is 62.4 Å². The molecule has 31 heavy (non-hydrogen) atoms. The topological polar surface area (TPSA) is 66.5 Å². The minimum absolute atomic E-state index is 0.140. The summed E-state index contributed by atoms with van der Waals surface area (Å²) in [6, 6.07) is 14.6. The summed E-state index contributed by atoms with van der Waals surface area (Å²) in [5.74, 6) is -0.426. The number of nitrogens with one attached hydrogen (secondary N) is 1. The lowest BCUT2D eigenvalue weighted by atomic mass is 9.81. The van der Waals surface area contributed by atoms with Crippen LogP contribution < -0.4 is 5.32 Å². The quantitative estimate of drug-likeness (QED) is 0.752. The van der Waals surface area contributed by atoms with Crippen LogP contribution in [0.2, 0.25) is 0 Å². The second kappa shape index (κ2) is 7.63. The van der Waals surface area contributed by atoms with Gasteiger partial charge in [0.1, 0.15) is 6.04 Å². The molecule has 1 heterocycles. The second-order valence-corrected chi connectivity index (χ2v) is 9.50. The maximum atomic E-state index is 13.5. The van der Waals surface area contributed by atoms with Crippen LogP contribution >= 0.6 is 0 Å². The maximum absolute atomic E-state index is 13.5. The molecule has 1 saturated heterocycles. The predicted octanol–water partition coefficient (Wildman–Crippen LogP) is 3.88. The third-order valence-corrected chi connectivity index (χ3v) is 7.34. The van der Waals surface area contributed by atoms with E-state index < -0.39 is 6.04 Å². The number of aryl methyl sites for hydroxylation is 2. The van der Waals surface area contributed by atoms with Crippen molar-refractivity contribution in [2.75, 3.05) is 5.32 Å². The molecule has 160 valence electrons. The van der Waals surface area contributed by atoms with Crippen molar-refractivity contribution in [2.24, 2.45) is 23.7 Å². The Hall–Kier alpha value is -2.95. The summed E-state index contributed by atoms with van der Waals surface area (Å²) in [5.41, 5.74) is 3.73. The lowest BCUT2D eigenvalue weighted by Gasteiger charge is -2.27. The van der Waals surface area contributed by atoms with E-state index in [1.165, 1.54) is 4.90 Å². The summed E-state index contributed by atoms with van der Waals surface area (Å²) in [6.07, 6.45) is 3.36. The van der Waals surface area contributed by atoms with Gasteiger partial charge in [0, 0.05) is 12.1 Å².